The summed E-state index contributed by atoms with van der Waals surface area (Å²) in [5, 5.41) is 7.95. The molecule has 3 rings (SSSR count). The van der Waals surface area contributed by atoms with Crippen molar-refractivity contribution in [2.45, 2.75) is 26.7 Å². The van der Waals surface area contributed by atoms with Gasteiger partial charge in [0, 0.05) is 19.0 Å². The third-order valence-corrected chi connectivity index (χ3v) is 4.94. The van der Waals surface area contributed by atoms with Crippen LogP contribution in [-0.4, -0.2) is 42.9 Å². The van der Waals surface area contributed by atoms with E-state index in [1.165, 1.54) is 0 Å². The fourth-order valence-corrected chi connectivity index (χ4v) is 3.07. The van der Waals surface area contributed by atoms with E-state index in [0.717, 1.165) is 43.2 Å². The first-order valence-corrected chi connectivity index (χ1v) is 9.46. The monoisotopic (exact) mass is 353 g/mol. The number of carbonyl (C=O) groups excluding carboxylic acids is 2. The van der Waals surface area contributed by atoms with E-state index < -0.39 is 0 Å². The number of rotatable bonds is 8. The molecule has 1 saturated carbocycles. The van der Waals surface area contributed by atoms with Gasteiger partial charge in [-0.2, -0.15) is 0 Å². The number of amides is 2. The summed E-state index contributed by atoms with van der Waals surface area (Å²) in [6.45, 7) is 7.55. The van der Waals surface area contributed by atoms with E-state index in [1.807, 2.05) is 36.4 Å². The zero-order valence-electron chi connectivity index (χ0n) is 15.5. The lowest BCUT2D eigenvalue weighted by Gasteiger charge is -2.18. The average Bonchev–Trinajstić information content (AvgIpc) is 3.50. The molecule has 0 heterocycles. The molecule has 5 heteroatoms. The smallest absolute Gasteiger partial charge is 0.253 e. The summed E-state index contributed by atoms with van der Waals surface area (Å²) in [5.41, 5.74) is 1.12. The van der Waals surface area contributed by atoms with Gasteiger partial charge in [-0.15, -0.1) is 0 Å². The zero-order valence-corrected chi connectivity index (χ0v) is 15.5. The van der Waals surface area contributed by atoms with E-state index in [2.05, 4.69) is 29.4 Å². The van der Waals surface area contributed by atoms with Crippen molar-refractivity contribution in [1.29, 1.82) is 0 Å². The number of anilines is 1. The fourth-order valence-electron chi connectivity index (χ4n) is 3.07. The number of hydrogen-bond donors (Lipinski definition) is 2. The second kappa shape index (κ2) is 8.32. The van der Waals surface area contributed by atoms with Crippen molar-refractivity contribution in [1.82, 2.24) is 10.2 Å². The SMILES string of the molecule is CCN(CC)CCNC(=O)c1cc2ccccc2cc1NC(=O)C1CC1. The van der Waals surface area contributed by atoms with Gasteiger partial charge in [0.25, 0.3) is 5.91 Å². The number of benzene rings is 2. The van der Waals surface area contributed by atoms with Gasteiger partial charge < -0.3 is 15.5 Å². The van der Waals surface area contributed by atoms with Gasteiger partial charge in [-0.3, -0.25) is 9.59 Å². The summed E-state index contributed by atoms with van der Waals surface area (Å²) in [6, 6.07) is 11.6. The Morgan fingerprint density at radius 1 is 1.08 bits per heavy atom. The van der Waals surface area contributed by atoms with E-state index in [9.17, 15) is 9.59 Å². The van der Waals surface area contributed by atoms with Crippen LogP contribution in [-0.2, 0) is 4.79 Å². The lowest BCUT2D eigenvalue weighted by Crippen LogP contribution is -2.35. The molecule has 2 aromatic carbocycles. The van der Waals surface area contributed by atoms with Crippen molar-refractivity contribution in [3.05, 3.63) is 42.0 Å². The maximum Gasteiger partial charge on any atom is 0.253 e. The molecule has 0 bridgehead atoms. The number of nitrogens with one attached hydrogen (secondary N) is 2. The minimum Gasteiger partial charge on any atom is -0.351 e. The van der Waals surface area contributed by atoms with Crippen LogP contribution in [0.2, 0.25) is 0 Å². The van der Waals surface area contributed by atoms with E-state index >= 15 is 0 Å². The highest BCUT2D eigenvalue weighted by molar-refractivity contribution is 6.08. The molecule has 0 spiro atoms. The molecule has 0 saturated heterocycles. The van der Waals surface area contributed by atoms with E-state index in [4.69, 9.17) is 0 Å². The largest absolute Gasteiger partial charge is 0.351 e. The minimum absolute atomic E-state index is 0.0115. The highest BCUT2D eigenvalue weighted by Gasteiger charge is 2.30. The predicted molar refractivity (Wildman–Crippen MR) is 105 cm³/mol. The predicted octanol–water partition coefficient (Wildman–Crippen LogP) is 3.26. The van der Waals surface area contributed by atoms with Crippen LogP contribution < -0.4 is 10.6 Å². The van der Waals surface area contributed by atoms with E-state index in [1.54, 1.807) is 0 Å². The van der Waals surface area contributed by atoms with Crippen molar-refractivity contribution in [3.63, 3.8) is 0 Å². The molecule has 2 aromatic rings. The third kappa shape index (κ3) is 4.41. The van der Waals surface area contributed by atoms with Gasteiger partial charge in [-0.05, 0) is 48.8 Å². The Morgan fingerprint density at radius 3 is 2.35 bits per heavy atom. The maximum absolute atomic E-state index is 12.8. The van der Waals surface area contributed by atoms with Gasteiger partial charge in [0.05, 0.1) is 11.3 Å². The number of hydrogen-bond acceptors (Lipinski definition) is 3. The zero-order chi connectivity index (χ0) is 18.5. The van der Waals surface area contributed by atoms with Crippen LogP contribution in [0.3, 0.4) is 0 Å². The molecular weight excluding hydrogens is 326 g/mol. The maximum atomic E-state index is 12.8. The van der Waals surface area contributed by atoms with Gasteiger partial charge in [0.15, 0.2) is 0 Å². The lowest BCUT2D eigenvalue weighted by molar-refractivity contribution is -0.117. The molecule has 0 radical (unpaired) electrons. The van der Waals surface area contributed by atoms with Gasteiger partial charge in [-0.1, -0.05) is 38.1 Å². The third-order valence-electron chi connectivity index (χ3n) is 4.94. The highest BCUT2D eigenvalue weighted by Crippen LogP contribution is 2.31. The van der Waals surface area contributed by atoms with Crippen molar-refractivity contribution in [2.75, 3.05) is 31.5 Å². The van der Waals surface area contributed by atoms with Gasteiger partial charge in [0.1, 0.15) is 0 Å². The van der Waals surface area contributed by atoms with Crippen LogP contribution in [0.1, 0.15) is 37.0 Å². The summed E-state index contributed by atoms with van der Waals surface area (Å²) in [6.07, 6.45) is 1.87. The molecule has 138 valence electrons. The number of fused-ring (bicyclic) bond motifs is 1. The first kappa shape index (κ1) is 18.4. The molecule has 0 aliphatic heterocycles. The molecule has 2 amide bonds. The van der Waals surface area contributed by atoms with Crippen molar-refractivity contribution >= 4 is 28.3 Å². The van der Waals surface area contributed by atoms with Crippen molar-refractivity contribution in [3.8, 4) is 0 Å². The Kier molecular flexibility index (Phi) is 5.89. The molecule has 1 aliphatic carbocycles. The molecule has 5 nitrogen and oxygen atoms in total. The Morgan fingerprint density at radius 2 is 1.73 bits per heavy atom. The van der Waals surface area contributed by atoms with Gasteiger partial charge in [-0.25, -0.2) is 0 Å². The van der Waals surface area contributed by atoms with Crippen molar-refractivity contribution in [2.24, 2.45) is 5.92 Å². The molecule has 0 aromatic heterocycles. The average molecular weight is 353 g/mol. The Balaban J connectivity index is 1.79. The fraction of sp³-hybridized carbons (Fsp3) is 0.429. The number of nitrogens with zero attached hydrogens (tertiary/aromatic N) is 1. The normalized spacial score (nSPS) is 13.8. The highest BCUT2D eigenvalue weighted by atomic mass is 16.2. The van der Waals surface area contributed by atoms with E-state index in [-0.39, 0.29) is 17.7 Å². The van der Waals surface area contributed by atoms with Crippen LogP contribution in [0.25, 0.3) is 10.8 Å². The summed E-state index contributed by atoms with van der Waals surface area (Å²) in [4.78, 5) is 27.2. The first-order chi connectivity index (χ1) is 12.6. The Labute approximate surface area is 154 Å². The lowest BCUT2D eigenvalue weighted by atomic mass is 10.0. The van der Waals surface area contributed by atoms with E-state index in [0.29, 0.717) is 17.8 Å². The second-order valence-corrected chi connectivity index (χ2v) is 6.79. The Hall–Kier alpha value is -2.40. The Bertz CT molecular complexity index is 795. The van der Waals surface area contributed by atoms with Crippen LogP contribution in [0.15, 0.2) is 36.4 Å². The molecular formula is C21H27N3O2. The molecule has 0 atom stereocenters. The van der Waals surface area contributed by atoms with Crippen LogP contribution in [0, 0.1) is 5.92 Å². The van der Waals surface area contributed by atoms with Crippen molar-refractivity contribution < 1.29 is 9.59 Å². The van der Waals surface area contributed by atoms with Gasteiger partial charge >= 0.3 is 0 Å². The summed E-state index contributed by atoms with van der Waals surface area (Å²) in [5.74, 6) is -0.0356. The summed E-state index contributed by atoms with van der Waals surface area (Å²) >= 11 is 0. The first-order valence-electron chi connectivity index (χ1n) is 9.46. The molecule has 26 heavy (non-hydrogen) atoms. The minimum atomic E-state index is -0.144. The molecule has 2 N–H and O–H groups in total. The van der Waals surface area contributed by atoms with Crippen LogP contribution in [0.4, 0.5) is 5.69 Å². The molecule has 0 unspecified atom stereocenters. The molecule has 1 aliphatic rings. The number of likely N-dealkylation sites (N-methyl/N-ethyl adjacent to an activating group) is 1. The van der Waals surface area contributed by atoms with Crippen LogP contribution in [0.5, 0.6) is 0 Å². The standard InChI is InChI=1S/C21H27N3O2/c1-3-24(4-2)12-11-22-21(26)18-13-16-7-5-6-8-17(16)14-19(18)23-20(25)15-9-10-15/h5-8,13-15H,3-4,9-12H2,1-2H3,(H,22,26)(H,23,25). The second-order valence-electron chi connectivity index (χ2n) is 6.79. The summed E-state index contributed by atoms with van der Waals surface area (Å²) < 4.78 is 0. The number of carbonyl (C=O) groups is 2. The topological polar surface area (TPSA) is 61.4 Å². The molecule has 1 fully saturated rings. The summed E-state index contributed by atoms with van der Waals surface area (Å²) in [7, 11) is 0. The quantitative estimate of drug-likeness (QED) is 0.766. The van der Waals surface area contributed by atoms with Gasteiger partial charge in [0.2, 0.25) is 5.91 Å². The van der Waals surface area contributed by atoms with Crippen LogP contribution >= 0.6 is 0 Å².